The summed E-state index contributed by atoms with van der Waals surface area (Å²) in [6, 6.07) is 0. The summed E-state index contributed by atoms with van der Waals surface area (Å²) in [5.41, 5.74) is 0. The predicted octanol–water partition coefficient (Wildman–Crippen LogP) is 0.934. The molecule has 0 radical (unpaired) electrons. The van der Waals surface area contributed by atoms with Crippen molar-refractivity contribution in [3.8, 4) is 0 Å². The summed E-state index contributed by atoms with van der Waals surface area (Å²) in [6.07, 6.45) is 2.59. The van der Waals surface area contributed by atoms with Crippen molar-refractivity contribution in [3.63, 3.8) is 0 Å². The standard InChI is InChI=1S/C6H14O6S4/c7-15(8,9)13-5-3-1-2-4-6-14-16(10,11)12/h1-6H2,(H,7,8,9)(H,10,11,12)/p-2. The van der Waals surface area contributed by atoms with Gasteiger partial charge < -0.3 is 9.11 Å². The Balaban J connectivity index is 3.29. The summed E-state index contributed by atoms with van der Waals surface area (Å²) in [7, 11) is -7.66. The fraction of sp³-hybridized carbons (Fsp3) is 1.00. The van der Waals surface area contributed by atoms with Gasteiger partial charge in [-0.1, -0.05) is 12.8 Å². The van der Waals surface area contributed by atoms with E-state index in [1.54, 1.807) is 0 Å². The Labute approximate surface area is 103 Å². The predicted molar refractivity (Wildman–Crippen MR) is 62.8 cm³/mol. The van der Waals surface area contributed by atoms with Crippen molar-refractivity contribution in [1.29, 1.82) is 0 Å². The molecule has 0 saturated carbocycles. The van der Waals surface area contributed by atoms with Crippen LogP contribution in [0.15, 0.2) is 0 Å². The lowest BCUT2D eigenvalue weighted by Crippen LogP contribution is -1.94. The molecule has 0 aliphatic rings. The number of rotatable bonds is 9. The van der Waals surface area contributed by atoms with Crippen LogP contribution < -0.4 is 0 Å². The molecule has 0 aromatic carbocycles. The van der Waals surface area contributed by atoms with Crippen molar-refractivity contribution in [2.45, 2.75) is 25.7 Å². The normalized spacial score (nSPS) is 12.9. The Morgan fingerprint density at radius 1 is 0.688 bits per heavy atom. The van der Waals surface area contributed by atoms with Crippen LogP contribution in [-0.2, 0) is 18.3 Å². The van der Waals surface area contributed by atoms with E-state index >= 15 is 0 Å². The Bertz CT molecular complexity index is 334. The van der Waals surface area contributed by atoms with E-state index in [4.69, 9.17) is 0 Å². The maximum atomic E-state index is 10.2. The summed E-state index contributed by atoms with van der Waals surface area (Å²) in [5.74, 6) is 0.498. The van der Waals surface area contributed by atoms with Crippen molar-refractivity contribution in [2.24, 2.45) is 0 Å². The SMILES string of the molecule is O=S(=O)([O-])SCCCCCCSS(=O)(=O)[O-]. The highest BCUT2D eigenvalue weighted by Gasteiger charge is 1.98. The minimum atomic E-state index is -4.20. The van der Waals surface area contributed by atoms with Crippen LogP contribution in [0.5, 0.6) is 0 Å². The molecule has 0 aromatic rings. The first-order valence-electron chi connectivity index (χ1n) is 4.41. The van der Waals surface area contributed by atoms with Crippen LogP contribution in [0.4, 0.5) is 0 Å². The molecule has 0 atom stereocenters. The highest BCUT2D eigenvalue weighted by molar-refractivity contribution is 8.70. The Hall–Kier alpha value is 0.520. The second-order valence-corrected chi connectivity index (χ2v) is 9.66. The van der Waals surface area contributed by atoms with Gasteiger partial charge >= 0.3 is 0 Å². The van der Waals surface area contributed by atoms with Gasteiger partial charge in [-0.05, 0) is 34.4 Å². The monoisotopic (exact) mass is 308 g/mol. The Kier molecular flexibility index (Phi) is 8.02. The molecule has 10 heteroatoms. The van der Waals surface area contributed by atoms with Crippen LogP contribution in [0.1, 0.15) is 25.7 Å². The third-order valence-electron chi connectivity index (χ3n) is 1.49. The molecule has 0 rings (SSSR count). The zero-order chi connectivity index (χ0) is 12.7. The number of unbranched alkanes of at least 4 members (excludes halogenated alkanes) is 3. The zero-order valence-electron chi connectivity index (χ0n) is 8.33. The van der Waals surface area contributed by atoms with Crippen LogP contribution >= 0.6 is 21.6 Å². The topological polar surface area (TPSA) is 114 Å². The molecule has 0 aliphatic heterocycles. The lowest BCUT2D eigenvalue weighted by atomic mass is 10.2. The summed E-state index contributed by atoms with van der Waals surface area (Å²) in [4.78, 5) is 0. The maximum Gasteiger partial charge on any atom is 0.149 e. The smallest absolute Gasteiger partial charge is 0.149 e. The van der Waals surface area contributed by atoms with Crippen molar-refractivity contribution < 1.29 is 25.9 Å². The van der Waals surface area contributed by atoms with Gasteiger partial charge in [-0.2, -0.15) is 0 Å². The van der Waals surface area contributed by atoms with Crippen LogP contribution in [0.25, 0.3) is 0 Å². The van der Waals surface area contributed by atoms with E-state index in [9.17, 15) is 25.9 Å². The van der Waals surface area contributed by atoms with Crippen molar-refractivity contribution >= 4 is 39.9 Å². The van der Waals surface area contributed by atoms with Crippen LogP contribution in [0.2, 0.25) is 0 Å². The molecule has 0 aromatic heterocycles. The fourth-order valence-corrected chi connectivity index (χ4v) is 3.86. The highest BCUT2D eigenvalue weighted by Crippen LogP contribution is 2.15. The van der Waals surface area contributed by atoms with Crippen molar-refractivity contribution in [2.75, 3.05) is 11.5 Å². The molecule has 0 fully saturated rings. The van der Waals surface area contributed by atoms with E-state index in [0.29, 0.717) is 47.3 Å². The van der Waals surface area contributed by atoms with Crippen molar-refractivity contribution in [3.05, 3.63) is 0 Å². The number of hydrogen-bond donors (Lipinski definition) is 0. The third kappa shape index (κ3) is 14.5. The molecule has 6 nitrogen and oxygen atoms in total. The van der Waals surface area contributed by atoms with E-state index < -0.39 is 18.3 Å². The molecular formula is C6H12O6S4-2. The molecule has 98 valence electrons. The number of hydrogen-bond acceptors (Lipinski definition) is 8. The quantitative estimate of drug-likeness (QED) is 0.351. The van der Waals surface area contributed by atoms with Gasteiger partial charge in [0.1, 0.15) is 18.3 Å². The molecule has 0 heterocycles. The van der Waals surface area contributed by atoms with Gasteiger partial charge in [0, 0.05) is 11.5 Å². The summed E-state index contributed by atoms with van der Waals surface area (Å²) in [5, 5.41) is 0. The van der Waals surface area contributed by atoms with Gasteiger partial charge in [-0.15, -0.1) is 0 Å². The van der Waals surface area contributed by atoms with E-state index in [1.165, 1.54) is 0 Å². The minimum absolute atomic E-state index is 0.249. The molecule has 0 amide bonds. The van der Waals surface area contributed by atoms with Crippen molar-refractivity contribution in [1.82, 2.24) is 0 Å². The average Bonchev–Trinajstić information content (AvgIpc) is 2.06. The lowest BCUT2D eigenvalue weighted by molar-refractivity contribution is 0.480. The molecule has 0 unspecified atom stereocenters. The first-order valence-corrected chi connectivity index (χ1v) is 10.2. The lowest BCUT2D eigenvalue weighted by Gasteiger charge is -2.06. The van der Waals surface area contributed by atoms with E-state index in [1.807, 2.05) is 0 Å². The van der Waals surface area contributed by atoms with Crippen LogP contribution in [0, 0.1) is 0 Å². The highest BCUT2D eigenvalue weighted by atomic mass is 33.2. The van der Waals surface area contributed by atoms with Crippen LogP contribution in [0.3, 0.4) is 0 Å². The molecule has 0 saturated heterocycles. The largest absolute Gasteiger partial charge is 0.739 e. The first-order chi connectivity index (χ1) is 7.21. The molecule has 0 spiro atoms. The molecule has 0 N–H and O–H groups in total. The van der Waals surface area contributed by atoms with Gasteiger partial charge in [0.2, 0.25) is 0 Å². The first kappa shape index (κ1) is 16.5. The molecule has 0 aliphatic carbocycles. The Morgan fingerprint density at radius 2 is 1.00 bits per heavy atom. The van der Waals surface area contributed by atoms with Gasteiger partial charge in [-0.3, -0.25) is 0 Å². The molecular weight excluding hydrogens is 296 g/mol. The van der Waals surface area contributed by atoms with Gasteiger partial charge in [0.25, 0.3) is 0 Å². The van der Waals surface area contributed by atoms with E-state index in [0.717, 1.165) is 0 Å². The summed E-state index contributed by atoms with van der Waals surface area (Å²) < 4.78 is 61.1. The van der Waals surface area contributed by atoms with Gasteiger partial charge in [0.15, 0.2) is 0 Å². The summed E-state index contributed by atoms with van der Waals surface area (Å²) >= 11 is 0. The van der Waals surface area contributed by atoms with Gasteiger partial charge in [0.05, 0.1) is 0 Å². The second-order valence-electron chi connectivity index (χ2n) is 2.87. The van der Waals surface area contributed by atoms with E-state index in [-0.39, 0.29) is 11.5 Å². The zero-order valence-corrected chi connectivity index (χ0v) is 11.6. The Morgan fingerprint density at radius 3 is 1.25 bits per heavy atom. The van der Waals surface area contributed by atoms with E-state index in [2.05, 4.69) is 0 Å². The molecule has 0 bridgehead atoms. The molecule has 16 heavy (non-hydrogen) atoms. The minimum Gasteiger partial charge on any atom is -0.739 e. The van der Waals surface area contributed by atoms with Gasteiger partial charge in [-0.25, -0.2) is 16.8 Å². The second kappa shape index (κ2) is 7.77. The average molecular weight is 308 g/mol. The third-order valence-corrected chi connectivity index (χ3v) is 5.71. The summed E-state index contributed by atoms with van der Waals surface area (Å²) in [6.45, 7) is 0. The maximum absolute atomic E-state index is 10.2. The fourth-order valence-electron chi connectivity index (χ4n) is 0.880. The van der Waals surface area contributed by atoms with Crippen LogP contribution in [-0.4, -0.2) is 37.4 Å².